The summed E-state index contributed by atoms with van der Waals surface area (Å²) in [6.07, 6.45) is -5.45. The molecule has 0 heterocycles. The monoisotopic (exact) mass is 324 g/mol. The molecule has 2 aromatic carbocycles. The first-order valence-electron chi connectivity index (χ1n) is 6.97. The molecule has 1 unspecified atom stereocenters. The van der Waals surface area contributed by atoms with Crippen LogP contribution in [0.25, 0.3) is 0 Å². The lowest BCUT2D eigenvalue weighted by molar-refractivity contribution is -0.151. The Hall–Kier alpha value is -2.50. The molecule has 23 heavy (non-hydrogen) atoms. The highest BCUT2D eigenvalue weighted by molar-refractivity contribution is 5.77. The number of hydrogen-bond acceptors (Lipinski definition) is 3. The third-order valence-corrected chi connectivity index (χ3v) is 3.04. The Morgan fingerprint density at radius 2 is 1.65 bits per heavy atom. The lowest BCUT2D eigenvalue weighted by Crippen LogP contribution is -2.21. The molecule has 2 aromatic rings. The van der Waals surface area contributed by atoms with Gasteiger partial charge in [0.15, 0.2) is 0 Å². The Kier molecular flexibility index (Phi) is 5.26. The molecule has 0 radical (unpaired) electrons. The minimum Gasteiger partial charge on any atom is -0.474 e. The van der Waals surface area contributed by atoms with Gasteiger partial charge in [0.2, 0.25) is 6.10 Å². The third-order valence-electron chi connectivity index (χ3n) is 3.04. The number of halogens is 3. The second-order valence-electron chi connectivity index (χ2n) is 4.68. The number of alkyl halides is 3. The zero-order valence-corrected chi connectivity index (χ0v) is 12.3. The SMILES string of the molecule is CCOC(=O)C(Oc1ccc(C(F)(F)F)cc1)c1ccccc1. The Morgan fingerprint density at radius 3 is 2.17 bits per heavy atom. The quantitative estimate of drug-likeness (QED) is 0.765. The second kappa shape index (κ2) is 7.17. The van der Waals surface area contributed by atoms with Gasteiger partial charge in [-0.25, -0.2) is 4.79 Å². The van der Waals surface area contributed by atoms with E-state index < -0.39 is 23.8 Å². The van der Waals surface area contributed by atoms with Gasteiger partial charge in [0, 0.05) is 5.56 Å². The van der Waals surface area contributed by atoms with Crippen molar-refractivity contribution in [2.45, 2.75) is 19.2 Å². The van der Waals surface area contributed by atoms with E-state index in [1.165, 1.54) is 12.1 Å². The van der Waals surface area contributed by atoms with E-state index in [1.807, 2.05) is 0 Å². The Balaban J connectivity index is 2.22. The van der Waals surface area contributed by atoms with Gasteiger partial charge in [0.1, 0.15) is 5.75 Å². The lowest BCUT2D eigenvalue weighted by Gasteiger charge is -2.18. The average molecular weight is 324 g/mol. The van der Waals surface area contributed by atoms with Gasteiger partial charge in [-0.05, 0) is 31.2 Å². The van der Waals surface area contributed by atoms with E-state index in [4.69, 9.17) is 9.47 Å². The van der Waals surface area contributed by atoms with E-state index >= 15 is 0 Å². The highest BCUT2D eigenvalue weighted by atomic mass is 19.4. The van der Waals surface area contributed by atoms with Crippen LogP contribution in [0.1, 0.15) is 24.2 Å². The first kappa shape index (κ1) is 16.9. The van der Waals surface area contributed by atoms with Crippen molar-refractivity contribution < 1.29 is 27.4 Å². The zero-order valence-electron chi connectivity index (χ0n) is 12.3. The molecular weight excluding hydrogens is 309 g/mol. The van der Waals surface area contributed by atoms with Crippen LogP contribution in [0, 0.1) is 0 Å². The zero-order chi connectivity index (χ0) is 16.9. The van der Waals surface area contributed by atoms with Crippen LogP contribution < -0.4 is 4.74 Å². The molecular formula is C17H15F3O3. The molecule has 0 fully saturated rings. The van der Waals surface area contributed by atoms with E-state index in [2.05, 4.69) is 0 Å². The van der Waals surface area contributed by atoms with E-state index in [9.17, 15) is 18.0 Å². The third kappa shape index (κ3) is 4.48. The summed E-state index contributed by atoms with van der Waals surface area (Å²) in [7, 11) is 0. The van der Waals surface area contributed by atoms with Crippen LogP contribution in [0.4, 0.5) is 13.2 Å². The maximum Gasteiger partial charge on any atom is 0.416 e. The second-order valence-corrected chi connectivity index (χ2v) is 4.68. The molecule has 0 saturated carbocycles. The molecule has 0 aliphatic heterocycles. The lowest BCUT2D eigenvalue weighted by atomic mass is 10.1. The van der Waals surface area contributed by atoms with Crippen LogP contribution in [-0.2, 0) is 15.7 Å². The summed E-state index contributed by atoms with van der Waals surface area (Å²) in [5.74, 6) is -0.446. The Bertz CT molecular complexity index is 636. The number of esters is 1. The molecule has 2 rings (SSSR count). The summed E-state index contributed by atoms with van der Waals surface area (Å²) >= 11 is 0. The van der Waals surface area contributed by atoms with E-state index in [0.29, 0.717) is 5.56 Å². The standard InChI is InChI=1S/C17H15F3O3/c1-2-22-16(21)15(12-6-4-3-5-7-12)23-14-10-8-13(9-11-14)17(18,19)20/h3-11,15H,2H2,1H3. The van der Waals surface area contributed by atoms with Crippen LogP contribution in [0.15, 0.2) is 54.6 Å². The smallest absolute Gasteiger partial charge is 0.416 e. The van der Waals surface area contributed by atoms with Crippen molar-refractivity contribution in [1.82, 2.24) is 0 Å². The normalized spacial score (nSPS) is 12.5. The summed E-state index contributed by atoms with van der Waals surface area (Å²) in [6.45, 7) is 1.84. The van der Waals surface area contributed by atoms with Gasteiger partial charge >= 0.3 is 12.1 Å². The molecule has 0 aliphatic carbocycles. The molecule has 0 saturated heterocycles. The van der Waals surface area contributed by atoms with Crippen molar-refractivity contribution >= 4 is 5.97 Å². The molecule has 0 amide bonds. The molecule has 0 aromatic heterocycles. The molecule has 6 heteroatoms. The van der Waals surface area contributed by atoms with E-state index in [1.54, 1.807) is 37.3 Å². The number of hydrogen-bond donors (Lipinski definition) is 0. The average Bonchev–Trinajstić information content (AvgIpc) is 2.53. The Labute approximate surface area is 131 Å². The molecule has 0 bridgehead atoms. The highest BCUT2D eigenvalue weighted by Gasteiger charge is 2.30. The topological polar surface area (TPSA) is 35.5 Å². The first-order valence-corrected chi connectivity index (χ1v) is 6.97. The van der Waals surface area contributed by atoms with Gasteiger partial charge < -0.3 is 9.47 Å². The van der Waals surface area contributed by atoms with Gasteiger partial charge in [-0.1, -0.05) is 30.3 Å². The fourth-order valence-corrected chi connectivity index (χ4v) is 1.96. The molecule has 0 N–H and O–H groups in total. The van der Waals surface area contributed by atoms with Crippen LogP contribution in [-0.4, -0.2) is 12.6 Å². The van der Waals surface area contributed by atoms with E-state index in [0.717, 1.165) is 12.1 Å². The number of ether oxygens (including phenoxy) is 2. The number of carbonyl (C=O) groups is 1. The van der Waals surface area contributed by atoms with Crippen molar-refractivity contribution in [1.29, 1.82) is 0 Å². The molecule has 1 atom stereocenters. The van der Waals surface area contributed by atoms with Gasteiger partial charge in [-0.15, -0.1) is 0 Å². The minimum atomic E-state index is -4.42. The van der Waals surface area contributed by atoms with E-state index in [-0.39, 0.29) is 12.4 Å². The van der Waals surface area contributed by atoms with Crippen molar-refractivity contribution in [3.05, 3.63) is 65.7 Å². The maximum absolute atomic E-state index is 12.6. The molecule has 0 spiro atoms. The predicted octanol–water partition coefficient (Wildman–Crippen LogP) is 4.39. The van der Waals surface area contributed by atoms with Gasteiger partial charge in [0.25, 0.3) is 0 Å². The maximum atomic E-state index is 12.6. The van der Waals surface area contributed by atoms with Crippen LogP contribution in [0.3, 0.4) is 0 Å². The Morgan fingerprint density at radius 1 is 1.04 bits per heavy atom. The first-order chi connectivity index (χ1) is 10.9. The van der Waals surface area contributed by atoms with Crippen molar-refractivity contribution in [2.24, 2.45) is 0 Å². The van der Waals surface area contributed by atoms with Gasteiger partial charge in [0.05, 0.1) is 12.2 Å². The fraction of sp³-hybridized carbons (Fsp3) is 0.235. The fourth-order valence-electron chi connectivity index (χ4n) is 1.96. The summed E-state index contributed by atoms with van der Waals surface area (Å²) in [4.78, 5) is 12.0. The molecule has 0 aliphatic rings. The van der Waals surface area contributed by atoms with Crippen molar-refractivity contribution in [3.63, 3.8) is 0 Å². The van der Waals surface area contributed by atoms with Gasteiger partial charge in [-0.2, -0.15) is 13.2 Å². The molecule has 3 nitrogen and oxygen atoms in total. The summed E-state index contributed by atoms with van der Waals surface area (Å²) < 4.78 is 48.2. The van der Waals surface area contributed by atoms with Crippen molar-refractivity contribution in [2.75, 3.05) is 6.61 Å². The predicted molar refractivity (Wildman–Crippen MR) is 77.9 cm³/mol. The summed E-state index contributed by atoms with van der Waals surface area (Å²) in [5.41, 5.74) is -0.219. The minimum absolute atomic E-state index is 0.153. The number of carbonyl (C=O) groups excluding carboxylic acids is 1. The summed E-state index contributed by atoms with van der Waals surface area (Å²) in [5, 5.41) is 0. The largest absolute Gasteiger partial charge is 0.474 e. The highest BCUT2D eigenvalue weighted by Crippen LogP contribution is 2.31. The number of rotatable bonds is 5. The van der Waals surface area contributed by atoms with Gasteiger partial charge in [-0.3, -0.25) is 0 Å². The van der Waals surface area contributed by atoms with Crippen LogP contribution >= 0.6 is 0 Å². The number of benzene rings is 2. The molecule has 122 valence electrons. The van der Waals surface area contributed by atoms with Crippen molar-refractivity contribution in [3.8, 4) is 5.75 Å². The van der Waals surface area contributed by atoms with Crippen LogP contribution in [0.2, 0.25) is 0 Å². The van der Waals surface area contributed by atoms with Crippen LogP contribution in [0.5, 0.6) is 5.75 Å². The summed E-state index contributed by atoms with van der Waals surface area (Å²) in [6, 6.07) is 12.8.